The Balaban J connectivity index is 1.30. The highest BCUT2D eigenvalue weighted by atomic mass is 32.1. The summed E-state index contributed by atoms with van der Waals surface area (Å²) in [6, 6.07) is 5.68. The van der Waals surface area contributed by atoms with Crippen molar-refractivity contribution in [2.45, 2.75) is 20.5 Å². The number of aryl methyl sites for hydroxylation is 2. The molecule has 10 heteroatoms. The Hall–Kier alpha value is -3.63. The summed E-state index contributed by atoms with van der Waals surface area (Å²) in [5, 5.41) is 1.87. The molecule has 35 heavy (non-hydrogen) atoms. The Labute approximate surface area is 205 Å². The first-order valence-electron chi connectivity index (χ1n) is 11.4. The van der Waals surface area contributed by atoms with Gasteiger partial charge in [0.2, 0.25) is 5.78 Å². The van der Waals surface area contributed by atoms with Gasteiger partial charge in [0.1, 0.15) is 29.4 Å². The molecule has 0 N–H and O–H groups in total. The third kappa shape index (κ3) is 4.19. The van der Waals surface area contributed by atoms with E-state index in [1.54, 1.807) is 24.6 Å². The van der Waals surface area contributed by atoms with Crippen molar-refractivity contribution in [3.05, 3.63) is 52.9 Å². The van der Waals surface area contributed by atoms with Crippen LogP contribution in [-0.4, -0.2) is 52.8 Å². The largest absolute Gasteiger partial charge is 0.496 e. The highest BCUT2D eigenvalue weighted by Gasteiger charge is 2.19. The maximum atomic E-state index is 6.28. The van der Waals surface area contributed by atoms with E-state index in [-0.39, 0.29) is 0 Å². The van der Waals surface area contributed by atoms with Gasteiger partial charge in [0.05, 0.1) is 31.4 Å². The van der Waals surface area contributed by atoms with Crippen LogP contribution in [-0.2, 0) is 11.3 Å². The molecule has 1 fully saturated rings. The quantitative estimate of drug-likeness (QED) is 0.340. The number of rotatable bonds is 6. The molecule has 6 rings (SSSR count). The number of nitrogens with zero attached hydrogens (tertiary/aromatic N) is 5. The molecule has 0 aliphatic carbocycles. The van der Waals surface area contributed by atoms with E-state index in [2.05, 4.69) is 21.8 Å². The molecule has 180 valence electrons. The zero-order valence-corrected chi connectivity index (χ0v) is 20.6. The molecule has 5 heterocycles. The third-order valence-electron chi connectivity index (χ3n) is 6.03. The minimum atomic E-state index is 0.354. The molecule has 1 aliphatic rings. The molecular weight excluding hydrogens is 466 g/mol. The molecular formula is C25H25N5O4S. The van der Waals surface area contributed by atoms with E-state index >= 15 is 0 Å². The SMILES string of the molecule is COc1cc(OCc2nc(N3CCOCC3)sc2C)c2cc(-c3cn4cc(C)cnc4n3)oc2c1. The van der Waals surface area contributed by atoms with E-state index in [0.717, 1.165) is 53.0 Å². The smallest absolute Gasteiger partial charge is 0.234 e. The molecule has 0 unspecified atom stereocenters. The molecule has 1 saturated heterocycles. The first-order valence-corrected chi connectivity index (χ1v) is 12.2. The number of imidazole rings is 1. The van der Waals surface area contributed by atoms with Gasteiger partial charge in [-0.05, 0) is 25.5 Å². The van der Waals surface area contributed by atoms with Crippen LogP contribution >= 0.6 is 11.3 Å². The molecule has 0 saturated carbocycles. The summed E-state index contributed by atoms with van der Waals surface area (Å²) in [6.45, 7) is 7.62. The van der Waals surface area contributed by atoms with Crippen LogP contribution in [0.15, 0.2) is 41.2 Å². The molecule has 0 amide bonds. The number of aromatic nitrogens is 4. The van der Waals surface area contributed by atoms with Crippen molar-refractivity contribution in [1.82, 2.24) is 19.4 Å². The van der Waals surface area contributed by atoms with Gasteiger partial charge in [-0.15, -0.1) is 11.3 Å². The Morgan fingerprint density at radius 2 is 1.94 bits per heavy atom. The summed E-state index contributed by atoms with van der Waals surface area (Å²) in [5.41, 5.74) is 3.35. The van der Waals surface area contributed by atoms with Crippen LogP contribution in [0.2, 0.25) is 0 Å². The zero-order valence-electron chi connectivity index (χ0n) is 19.8. The number of ether oxygens (including phenoxy) is 3. The van der Waals surface area contributed by atoms with Gasteiger partial charge in [-0.1, -0.05) is 0 Å². The standard InChI is InChI=1S/C25H25N5O4S/c1-15-11-26-24-27-19(13-30(24)12-15)23-10-18-21(8-17(31-3)9-22(18)34-23)33-14-20-16(2)35-25(28-20)29-4-6-32-7-5-29/h8-13H,4-7,14H2,1-3H3. The number of morpholine rings is 1. The van der Waals surface area contributed by atoms with Gasteiger partial charge in [-0.3, -0.25) is 4.40 Å². The summed E-state index contributed by atoms with van der Waals surface area (Å²) in [4.78, 5) is 17.2. The number of hydrogen-bond donors (Lipinski definition) is 0. The maximum Gasteiger partial charge on any atom is 0.234 e. The molecule has 0 bridgehead atoms. The van der Waals surface area contributed by atoms with Crippen molar-refractivity contribution in [1.29, 1.82) is 0 Å². The number of anilines is 1. The number of thiazole rings is 1. The monoisotopic (exact) mass is 491 g/mol. The van der Waals surface area contributed by atoms with Crippen LogP contribution in [0.3, 0.4) is 0 Å². The summed E-state index contributed by atoms with van der Waals surface area (Å²) in [5.74, 6) is 2.59. The molecule has 0 atom stereocenters. The van der Waals surface area contributed by atoms with Crippen LogP contribution in [0, 0.1) is 13.8 Å². The summed E-state index contributed by atoms with van der Waals surface area (Å²) in [7, 11) is 1.63. The topological polar surface area (TPSA) is 87.2 Å². The maximum absolute atomic E-state index is 6.28. The Bertz CT molecular complexity index is 1520. The van der Waals surface area contributed by atoms with Gasteiger partial charge >= 0.3 is 0 Å². The van der Waals surface area contributed by atoms with Crippen LogP contribution < -0.4 is 14.4 Å². The van der Waals surface area contributed by atoms with Gasteiger partial charge in [-0.2, -0.15) is 0 Å². The van der Waals surface area contributed by atoms with Gasteiger partial charge in [0.15, 0.2) is 10.9 Å². The lowest BCUT2D eigenvalue weighted by molar-refractivity contribution is 0.122. The first kappa shape index (κ1) is 21.9. The van der Waals surface area contributed by atoms with Crippen molar-refractivity contribution in [2.24, 2.45) is 0 Å². The van der Waals surface area contributed by atoms with E-state index in [4.69, 9.17) is 23.6 Å². The fraction of sp³-hybridized carbons (Fsp3) is 0.320. The number of furan rings is 1. The predicted octanol–water partition coefficient (Wildman–Crippen LogP) is 4.64. The van der Waals surface area contributed by atoms with Crippen molar-refractivity contribution >= 4 is 33.2 Å². The van der Waals surface area contributed by atoms with Gasteiger partial charge in [-0.25, -0.2) is 15.0 Å². The predicted molar refractivity (Wildman–Crippen MR) is 134 cm³/mol. The fourth-order valence-electron chi connectivity index (χ4n) is 4.13. The van der Waals surface area contributed by atoms with Crippen LogP contribution in [0.1, 0.15) is 16.1 Å². The number of benzene rings is 1. The van der Waals surface area contributed by atoms with Gasteiger partial charge in [0, 0.05) is 48.7 Å². The molecule has 4 aromatic heterocycles. The molecule has 0 spiro atoms. The number of fused-ring (bicyclic) bond motifs is 2. The van der Waals surface area contributed by atoms with Crippen LogP contribution in [0.4, 0.5) is 5.13 Å². The molecule has 5 aromatic rings. The van der Waals surface area contributed by atoms with Crippen LogP contribution in [0.25, 0.3) is 28.2 Å². The molecule has 1 aliphatic heterocycles. The summed E-state index contributed by atoms with van der Waals surface area (Å²) in [6.07, 6.45) is 5.70. The highest BCUT2D eigenvalue weighted by Crippen LogP contribution is 2.37. The lowest BCUT2D eigenvalue weighted by Gasteiger charge is -2.26. The van der Waals surface area contributed by atoms with Crippen LogP contribution in [0.5, 0.6) is 11.5 Å². The number of methoxy groups -OCH3 is 1. The zero-order chi connectivity index (χ0) is 23.9. The second-order valence-electron chi connectivity index (χ2n) is 8.50. The minimum Gasteiger partial charge on any atom is -0.496 e. The minimum absolute atomic E-state index is 0.354. The number of hydrogen-bond acceptors (Lipinski definition) is 9. The third-order valence-corrected chi connectivity index (χ3v) is 7.10. The Kier molecular flexibility index (Phi) is 5.54. The second kappa shape index (κ2) is 8.86. The van der Waals surface area contributed by atoms with E-state index in [0.29, 0.717) is 40.9 Å². The second-order valence-corrected chi connectivity index (χ2v) is 9.68. The Morgan fingerprint density at radius 3 is 2.77 bits per heavy atom. The summed E-state index contributed by atoms with van der Waals surface area (Å²) >= 11 is 1.69. The van der Waals surface area contributed by atoms with E-state index in [9.17, 15) is 0 Å². The van der Waals surface area contributed by atoms with Crippen molar-refractivity contribution in [3.63, 3.8) is 0 Å². The van der Waals surface area contributed by atoms with E-state index in [1.165, 1.54) is 0 Å². The van der Waals surface area contributed by atoms with Crippen molar-refractivity contribution in [2.75, 3.05) is 38.3 Å². The fourth-order valence-corrected chi connectivity index (χ4v) is 5.10. The first-order chi connectivity index (χ1) is 17.1. The average molecular weight is 492 g/mol. The van der Waals surface area contributed by atoms with Gasteiger partial charge in [0.25, 0.3) is 0 Å². The molecule has 9 nitrogen and oxygen atoms in total. The highest BCUT2D eigenvalue weighted by molar-refractivity contribution is 7.15. The normalized spacial score (nSPS) is 14.2. The van der Waals surface area contributed by atoms with E-state index in [1.807, 2.05) is 41.9 Å². The lowest BCUT2D eigenvalue weighted by atomic mass is 10.2. The van der Waals surface area contributed by atoms with Crippen molar-refractivity contribution < 1.29 is 18.6 Å². The lowest BCUT2D eigenvalue weighted by Crippen LogP contribution is -2.36. The molecule has 0 radical (unpaired) electrons. The van der Waals surface area contributed by atoms with Crippen molar-refractivity contribution in [3.8, 4) is 23.0 Å². The summed E-state index contributed by atoms with van der Waals surface area (Å²) < 4.78 is 25.3. The Morgan fingerprint density at radius 1 is 1.09 bits per heavy atom. The van der Waals surface area contributed by atoms with E-state index < -0.39 is 0 Å². The van der Waals surface area contributed by atoms with Gasteiger partial charge < -0.3 is 23.5 Å². The average Bonchev–Trinajstić information content (AvgIpc) is 3.59. The molecule has 1 aromatic carbocycles.